The van der Waals surface area contributed by atoms with Crippen LogP contribution in [0.2, 0.25) is 5.02 Å². The first-order valence-corrected chi connectivity index (χ1v) is 7.09. The first-order valence-electron chi connectivity index (χ1n) is 6.72. The molecule has 5 heteroatoms. The zero-order chi connectivity index (χ0) is 15.0. The summed E-state index contributed by atoms with van der Waals surface area (Å²) in [6.45, 7) is 2.78. The van der Waals surface area contributed by atoms with Gasteiger partial charge < -0.3 is 10.3 Å². The number of rotatable bonds is 3. The van der Waals surface area contributed by atoms with Gasteiger partial charge >= 0.3 is 0 Å². The Bertz CT molecular complexity index is 783. The summed E-state index contributed by atoms with van der Waals surface area (Å²) in [5.41, 5.74) is 8.46. The molecule has 108 valence electrons. The number of nitrogens with two attached hydrogens (primary N) is 1. The highest BCUT2D eigenvalue weighted by molar-refractivity contribution is 6.31. The van der Waals surface area contributed by atoms with Gasteiger partial charge in [0.2, 0.25) is 5.95 Å². The molecule has 0 radical (unpaired) electrons. The molecule has 3 aromatic rings. The fraction of sp³-hybridized carbons (Fsp3) is 0.188. The number of benzene rings is 2. The number of halogens is 2. The van der Waals surface area contributed by atoms with Crippen LogP contribution in [0.15, 0.2) is 42.5 Å². The largest absolute Gasteiger partial charge is 0.369 e. The lowest BCUT2D eigenvalue weighted by Crippen LogP contribution is -2.09. The van der Waals surface area contributed by atoms with Gasteiger partial charge in [0.25, 0.3) is 0 Å². The van der Waals surface area contributed by atoms with E-state index in [9.17, 15) is 4.39 Å². The lowest BCUT2D eigenvalue weighted by atomic mass is 10.0. The average molecular weight is 304 g/mol. The van der Waals surface area contributed by atoms with E-state index in [1.54, 1.807) is 6.07 Å². The van der Waals surface area contributed by atoms with Crippen molar-refractivity contribution in [2.75, 3.05) is 5.73 Å². The van der Waals surface area contributed by atoms with Crippen molar-refractivity contribution in [1.82, 2.24) is 9.55 Å². The number of imidazole rings is 1. The summed E-state index contributed by atoms with van der Waals surface area (Å²) in [6, 6.07) is 13.0. The summed E-state index contributed by atoms with van der Waals surface area (Å²) in [5, 5.41) is 0.0796. The van der Waals surface area contributed by atoms with Crippen molar-refractivity contribution in [3.05, 3.63) is 58.9 Å². The van der Waals surface area contributed by atoms with Gasteiger partial charge in [-0.15, -0.1) is 0 Å². The number of fused-ring (bicyclic) bond motifs is 1. The first-order chi connectivity index (χ1) is 10.1. The van der Waals surface area contributed by atoms with Crippen LogP contribution in [-0.2, 0) is 6.54 Å². The van der Waals surface area contributed by atoms with Crippen molar-refractivity contribution >= 4 is 28.6 Å². The van der Waals surface area contributed by atoms with Crippen LogP contribution in [-0.4, -0.2) is 9.55 Å². The van der Waals surface area contributed by atoms with Gasteiger partial charge in [0, 0.05) is 12.6 Å². The number of aromatic nitrogens is 2. The van der Waals surface area contributed by atoms with Crippen LogP contribution >= 0.6 is 11.6 Å². The molecule has 0 saturated heterocycles. The van der Waals surface area contributed by atoms with Gasteiger partial charge in [-0.3, -0.25) is 0 Å². The third-order valence-electron chi connectivity index (χ3n) is 3.64. The molecule has 1 heterocycles. The van der Waals surface area contributed by atoms with E-state index in [2.05, 4.69) is 24.0 Å². The fourth-order valence-electron chi connectivity index (χ4n) is 2.49. The molecule has 0 aliphatic carbocycles. The summed E-state index contributed by atoms with van der Waals surface area (Å²) in [5.74, 6) is 0.147. The predicted octanol–water partition coefficient (Wildman–Crippen LogP) is 4.21. The van der Waals surface area contributed by atoms with Crippen molar-refractivity contribution < 1.29 is 4.39 Å². The Morgan fingerprint density at radius 1 is 1.29 bits per heavy atom. The lowest BCUT2D eigenvalue weighted by Gasteiger charge is -2.14. The molecule has 0 bridgehead atoms. The van der Waals surface area contributed by atoms with Crippen LogP contribution in [0.1, 0.15) is 18.4 Å². The Labute approximate surface area is 127 Å². The van der Waals surface area contributed by atoms with E-state index < -0.39 is 5.82 Å². The molecule has 0 saturated carbocycles. The Morgan fingerprint density at radius 2 is 2.00 bits per heavy atom. The summed E-state index contributed by atoms with van der Waals surface area (Å²) in [7, 11) is 0. The third kappa shape index (κ3) is 2.59. The van der Waals surface area contributed by atoms with Crippen molar-refractivity contribution in [2.24, 2.45) is 0 Å². The molecule has 0 spiro atoms. The normalized spacial score (nSPS) is 12.7. The molecule has 0 fully saturated rings. The Morgan fingerprint density at radius 3 is 2.71 bits per heavy atom. The Balaban J connectivity index is 2.01. The maximum absolute atomic E-state index is 13.5. The van der Waals surface area contributed by atoms with Gasteiger partial charge in [-0.2, -0.15) is 0 Å². The monoisotopic (exact) mass is 303 g/mol. The lowest BCUT2D eigenvalue weighted by molar-refractivity contribution is 0.615. The van der Waals surface area contributed by atoms with Gasteiger partial charge in [0.1, 0.15) is 5.82 Å². The molecule has 2 N–H and O–H groups in total. The molecule has 21 heavy (non-hydrogen) atoms. The van der Waals surface area contributed by atoms with Gasteiger partial charge in [0.15, 0.2) is 0 Å². The van der Waals surface area contributed by atoms with Crippen molar-refractivity contribution in [3.63, 3.8) is 0 Å². The molecule has 1 atom stereocenters. The number of nitrogens with zero attached hydrogens (tertiary/aromatic N) is 2. The van der Waals surface area contributed by atoms with E-state index in [-0.39, 0.29) is 10.9 Å². The zero-order valence-corrected chi connectivity index (χ0v) is 12.3. The molecule has 0 aliphatic heterocycles. The van der Waals surface area contributed by atoms with E-state index >= 15 is 0 Å². The summed E-state index contributed by atoms with van der Waals surface area (Å²) >= 11 is 5.87. The van der Waals surface area contributed by atoms with Crippen LogP contribution in [0.5, 0.6) is 0 Å². The van der Waals surface area contributed by atoms with E-state index in [1.165, 1.54) is 11.6 Å². The second kappa shape index (κ2) is 5.37. The van der Waals surface area contributed by atoms with E-state index in [0.29, 0.717) is 18.0 Å². The highest BCUT2D eigenvalue weighted by atomic mass is 35.5. The molecule has 2 aromatic carbocycles. The highest BCUT2D eigenvalue weighted by Gasteiger charge is 2.14. The maximum Gasteiger partial charge on any atom is 0.201 e. The second-order valence-corrected chi connectivity index (χ2v) is 5.55. The van der Waals surface area contributed by atoms with Crippen LogP contribution < -0.4 is 5.73 Å². The quantitative estimate of drug-likeness (QED) is 0.787. The number of hydrogen-bond acceptors (Lipinski definition) is 2. The highest BCUT2D eigenvalue weighted by Crippen LogP contribution is 2.27. The topological polar surface area (TPSA) is 43.8 Å². The van der Waals surface area contributed by atoms with E-state index in [1.807, 2.05) is 22.8 Å². The SMILES string of the molecule is CC(Cn1c(N)nc2cc(F)c(Cl)cc21)c1ccccc1. The van der Waals surface area contributed by atoms with Crippen molar-refractivity contribution in [2.45, 2.75) is 19.4 Å². The first kappa shape index (κ1) is 13.9. The smallest absolute Gasteiger partial charge is 0.201 e. The standard InChI is InChI=1S/C16H15ClFN3/c1-10(11-5-3-2-4-6-11)9-21-15-7-12(17)13(18)8-14(15)20-16(21)19/h2-8,10H,9H2,1H3,(H2,19,20). The van der Waals surface area contributed by atoms with Gasteiger partial charge in [-0.1, -0.05) is 48.9 Å². The van der Waals surface area contributed by atoms with Crippen LogP contribution in [0, 0.1) is 5.82 Å². The zero-order valence-electron chi connectivity index (χ0n) is 11.6. The molecule has 1 aromatic heterocycles. The number of anilines is 1. The maximum atomic E-state index is 13.5. The predicted molar refractivity (Wildman–Crippen MR) is 84.0 cm³/mol. The van der Waals surface area contributed by atoms with Gasteiger partial charge in [0.05, 0.1) is 16.1 Å². The summed E-state index contributed by atoms with van der Waals surface area (Å²) in [4.78, 5) is 4.20. The van der Waals surface area contributed by atoms with Crippen LogP contribution in [0.4, 0.5) is 10.3 Å². The summed E-state index contributed by atoms with van der Waals surface area (Å²) in [6.07, 6.45) is 0. The average Bonchev–Trinajstić information content (AvgIpc) is 2.76. The molecule has 0 aliphatic rings. The van der Waals surface area contributed by atoms with Gasteiger partial charge in [-0.25, -0.2) is 9.37 Å². The van der Waals surface area contributed by atoms with E-state index in [4.69, 9.17) is 17.3 Å². The van der Waals surface area contributed by atoms with Crippen LogP contribution in [0.3, 0.4) is 0 Å². The Hall–Kier alpha value is -2.07. The molecule has 0 amide bonds. The second-order valence-electron chi connectivity index (χ2n) is 5.15. The van der Waals surface area contributed by atoms with Gasteiger partial charge in [-0.05, 0) is 17.5 Å². The molecule has 3 nitrogen and oxygen atoms in total. The number of nitrogen functional groups attached to an aromatic ring is 1. The minimum Gasteiger partial charge on any atom is -0.369 e. The minimum absolute atomic E-state index is 0.0796. The molecule has 1 unspecified atom stereocenters. The molecule has 3 rings (SSSR count). The fourth-order valence-corrected chi connectivity index (χ4v) is 2.65. The summed E-state index contributed by atoms with van der Waals surface area (Å²) < 4.78 is 15.4. The molecular weight excluding hydrogens is 289 g/mol. The van der Waals surface area contributed by atoms with Crippen molar-refractivity contribution in [1.29, 1.82) is 0 Å². The minimum atomic E-state index is -0.482. The van der Waals surface area contributed by atoms with E-state index in [0.717, 1.165) is 5.52 Å². The van der Waals surface area contributed by atoms with Crippen molar-refractivity contribution in [3.8, 4) is 0 Å². The number of hydrogen-bond donors (Lipinski definition) is 1. The third-order valence-corrected chi connectivity index (χ3v) is 3.93. The van der Waals surface area contributed by atoms with Crippen LogP contribution in [0.25, 0.3) is 11.0 Å². The molecular formula is C16H15ClFN3. The Kier molecular flexibility index (Phi) is 3.55.